The second-order valence-electron chi connectivity index (χ2n) is 8.12. The Balaban J connectivity index is 1.28. The van der Waals surface area contributed by atoms with Crippen molar-refractivity contribution in [1.29, 1.82) is 0 Å². The molecule has 1 atom stereocenters. The second kappa shape index (κ2) is 7.89. The van der Waals surface area contributed by atoms with Gasteiger partial charge in [-0.25, -0.2) is 14.2 Å². The molecule has 0 bridgehead atoms. The smallest absolute Gasteiger partial charge is 0.317 e. The van der Waals surface area contributed by atoms with Gasteiger partial charge in [-0.1, -0.05) is 12.1 Å². The molecule has 30 heavy (non-hydrogen) atoms. The summed E-state index contributed by atoms with van der Waals surface area (Å²) in [4.78, 5) is 26.8. The van der Waals surface area contributed by atoms with E-state index >= 15 is 0 Å². The molecule has 5 rings (SSSR count). The van der Waals surface area contributed by atoms with Crippen LogP contribution in [0, 0.1) is 5.82 Å². The van der Waals surface area contributed by atoms with Crippen molar-refractivity contribution in [1.82, 2.24) is 25.2 Å². The zero-order valence-electron chi connectivity index (χ0n) is 16.6. The number of piperidine rings is 1. The first kappa shape index (κ1) is 18.8. The zero-order chi connectivity index (χ0) is 20.5. The van der Waals surface area contributed by atoms with Crippen molar-refractivity contribution in [2.45, 2.75) is 37.6 Å². The summed E-state index contributed by atoms with van der Waals surface area (Å²) in [6.45, 7) is 1.48. The van der Waals surface area contributed by atoms with Gasteiger partial charge in [-0.05, 0) is 49.9 Å². The lowest BCUT2D eigenvalue weighted by molar-refractivity contribution is 0.178. The molecule has 2 aromatic heterocycles. The number of aromatic amines is 1. The van der Waals surface area contributed by atoms with Crippen molar-refractivity contribution in [3.63, 3.8) is 0 Å². The van der Waals surface area contributed by atoms with Crippen molar-refractivity contribution >= 4 is 6.03 Å². The number of hydrogen-bond donors (Lipinski definition) is 2. The van der Waals surface area contributed by atoms with Crippen LogP contribution in [-0.4, -0.2) is 45.0 Å². The number of urea groups is 1. The van der Waals surface area contributed by atoms with E-state index in [0.29, 0.717) is 12.6 Å². The highest BCUT2D eigenvalue weighted by atomic mass is 19.1. The monoisotopic (exact) mass is 405 g/mol. The summed E-state index contributed by atoms with van der Waals surface area (Å²) in [5, 5.41) is 3.07. The van der Waals surface area contributed by atoms with Gasteiger partial charge in [-0.3, -0.25) is 4.98 Å². The minimum atomic E-state index is -0.275. The molecule has 0 spiro atoms. The summed E-state index contributed by atoms with van der Waals surface area (Å²) >= 11 is 0. The quantitative estimate of drug-likeness (QED) is 0.679. The van der Waals surface area contributed by atoms with E-state index in [0.717, 1.165) is 60.6 Å². The van der Waals surface area contributed by atoms with Gasteiger partial charge in [0.1, 0.15) is 11.6 Å². The number of pyridine rings is 1. The van der Waals surface area contributed by atoms with E-state index in [1.54, 1.807) is 12.3 Å². The molecule has 1 aliphatic carbocycles. The molecule has 2 N–H and O–H groups in total. The van der Waals surface area contributed by atoms with Gasteiger partial charge in [-0.15, -0.1) is 0 Å². The minimum absolute atomic E-state index is 0.0473. The number of H-pyrrole nitrogens is 1. The molecular weight excluding hydrogens is 381 g/mol. The molecular formula is C23H24FN5O. The molecule has 0 unspecified atom stereocenters. The summed E-state index contributed by atoms with van der Waals surface area (Å²) in [6, 6.07) is 10.7. The molecule has 2 amide bonds. The van der Waals surface area contributed by atoms with Crippen LogP contribution in [0.15, 0.2) is 48.8 Å². The Morgan fingerprint density at radius 1 is 1.13 bits per heavy atom. The first-order valence-corrected chi connectivity index (χ1v) is 10.5. The number of amides is 2. The number of benzene rings is 1. The number of imidazole rings is 1. The number of carbonyl (C=O) groups excluding carboxylic acids is 1. The number of rotatable bonds is 4. The largest absolute Gasteiger partial charge is 0.348 e. The molecule has 2 aliphatic rings. The Morgan fingerprint density at radius 3 is 2.80 bits per heavy atom. The van der Waals surface area contributed by atoms with Crippen LogP contribution in [0.1, 0.15) is 37.4 Å². The fourth-order valence-corrected chi connectivity index (χ4v) is 3.94. The molecule has 1 aromatic carbocycles. The third-order valence-electron chi connectivity index (χ3n) is 5.78. The van der Waals surface area contributed by atoms with Crippen LogP contribution in [-0.2, 0) is 0 Å². The molecule has 1 aliphatic heterocycles. The highest BCUT2D eigenvalue weighted by molar-refractivity contribution is 5.75. The van der Waals surface area contributed by atoms with Crippen LogP contribution in [0.3, 0.4) is 0 Å². The summed E-state index contributed by atoms with van der Waals surface area (Å²) in [6.07, 6.45) is 7.82. The van der Waals surface area contributed by atoms with Crippen LogP contribution in [0.4, 0.5) is 9.18 Å². The SMILES string of the molecule is O=C(NC1CC1)N1CCC[C@H](c2nc(-c3ccc(-c4cccc(F)c4)nc3)c[nH]2)C1. The van der Waals surface area contributed by atoms with Gasteiger partial charge >= 0.3 is 6.03 Å². The summed E-state index contributed by atoms with van der Waals surface area (Å²) in [7, 11) is 0. The lowest BCUT2D eigenvalue weighted by Gasteiger charge is -2.31. The Hall–Kier alpha value is -3.22. The fraction of sp³-hybridized carbons (Fsp3) is 0.348. The van der Waals surface area contributed by atoms with Gasteiger partial charge in [0.2, 0.25) is 0 Å². The summed E-state index contributed by atoms with van der Waals surface area (Å²) in [5.74, 6) is 0.836. The van der Waals surface area contributed by atoms with E-state index in [9.17, 15) is 9.18 Å². The molecule has 1 saturated heterocycles. The van der Waals surface area contributed by atoms with Gasteiger partial charge < -0.3 is 15.2 Å². The van der Waals surface area contributed by atoms with Crippen LogP contribution in [0.2, 0.25) is 0 Å². The van der Waals surface area contributed by atoms with E-state index in [4.69, 9.17) is 4.98 Å². The number of carbonyl (C=O) groups is 1. The van der Waals surface area contributed by atoms with Crippen LogP contribution in [0.25, 0.3) is 22.5 Å². The number of hydrogen-bond acceptors (Lipinski definition) is 3. The van der Waals surface area contributed by atoms with Crippen LogP contribution >= 0.6 is 0 Å². The lowest BCUT2D eigenvalue weighted by atomic mass is 9.97. The highest BCUT2D eigenvalue weighted by Crippen LogP contribution is 2.28. The van der Waals surface area contributed by atoms with Gasteiger partial charge in [0.25, 0.3) is 0 Å². The number of nitrogens with one attached hydrogen (secondary N) is 2. The molecule has 2 fully saturated rings. The van der Waals surface area contributed by atoms with E-state index in [2.05, 4.69) is 15.3 Å². The van der Waals surface area contributed by atoms with Gasteiger partial charge in [0, 0.05) is 48.6 Å². The molecule has 0 radical (unpaired) electrons. The molecule has 154 valence electrons. The summed E-state index contributed by atoms with van der Waals surface area (Å²) < 4.78 is 13.4. The second-order valence-corrected chi connectivity index (χ2v) is 8.12. The number of aromatic nitrogens is 3. The van der Waals surface area contributed by atoms with Crippen molar-refractivity contribution in [3.8, 4) is 22.5 Å². The maximum atomic E-state index is 13.4. The third kappa shape index (κ3) is 4.06. The lowest BCUT2D eigenvalue weighted by Crippen LogP contribution is -2.45. The normalized spacial score (nSPS) is 19.0. The van der Waals surface area contributed by atoms with E-state index in [1.807, 2.05) is 29.3 Å². The van der Waals surface area contributed by atoms with E-state index in [-0.39, 0.29) is 17.8 Å². The maximum Gasteiger partial charge on any atom is 0.317 e. The fourth-order valence-electron chi connectivity index (χ4n) is 3.94. The van der Waals surface area contributed by atoms with Gasteiger partial charge in [0.05, 0.1) is 11.4 Å². The van der Waals surface area contributed by atoms with Crippen LogP contribution in [0.5, 0.6) is 0 Å². The van der Waals surface area contributed by atoms with Crippen LogP contribution < -0.4 is 5.32 Å². The standard InChI is InChI=1S/C23H24FN5O/c24-18-5-1-3-15(11-18)20-9-6-16(12-25-20)21-13-26-22(28-21)17-4-2-10-29(14-17)23(30)27-19-7-8-19/h1,3,5-6,9,11-13,17,19H,2,4,7-8,10,14H2,(H,26,28)(H,27,30)/t17-/m0/s1. The van der Waals surface area contributed by atoms with Crippen molar-refractivity contribution in [2.75, 3.05) is 13.1 Å². The first-order chi connectivity index (χ1) is 14.7. The predicted molar refractivity (Wildman–Crippen MR) is 112 cm³/mol. The summed E-state index contributed by atoms with van der Waals surface area (Å²) in [5.41, 5.74) is 3.19. The Morgan fingerprint density at radius 2 is 2.03 bits per heavy atom. The highest BCUT2D eigenvalue weighted by Gasteiger charge is 2.30. The number of nitrogens with zero attached hydrogens (tertiary/aromatic N) is 3. The molecule has 6 nitrogen and oxygen atoms in total. The van der Waals surface area contributed by atoms with Gasteiger partial charge in [0.15, 0.2) is 0 Å². The topological polar surface area (TPSA) is 73.9 Å². The number of likely N-dealkylation sites (tertiary alicyclic amines) is 1. The third-order valence-corrected chi connectivity index (χ3v) is 5.78. The minimum Gasteiger partial charge on any atom is -0.348 e. The Kier molecular flexibility index (Phi) is 4.94. The van der Waals surface area contributed by atoms with E-state index < -0.39 is 0 Å². The number of halogens is 1. The van der Waals surface area contributed by atoms with Crippen molar-refractivity contribution in [2.24, 2.45) is 0 Å². The maximum absolute atomic E-state index is 13.4. The Bertz CT molecular complexity index is 1040. The van der Waals surface area contributed by atoms with Crippen molar-refractivity contribution in [3.05, 3.63) is 60.4 Å². The molecule has 3 aromatic rings. The first-order valence-electron chi connectivity index (χ1n) is 10.5. The Labute approximate surface area is 174 Å². The molecule has 1 saturated carbocycles. The zero-order valence-corrected chi connectivity index (χ0v) is 16.6. The molecule has 7 heteroatoms. The average molecular weight is 405 g/mol. The van der Waals surface area contributed by atoms with Gasteiger partial charge in [-0.2, -0.15) is 0 Å². The molecule has 3 heterocycles. The van der Waals surface area contributed by atoms with Crippen molar-refractivity contribution < 1.29 is 9.18 Å². The average Bonchev–Trinajstić information content (AvgIpc) is 3.45. The predicted octanol–water partition coefficient (Wildman–Crippen LogP) is 4.33. The van der Waals surface area contributed by atoms with E-state index in [1.165, 1.54) is 12.1 Å².